The maximum absolute atomic E-state index is 11.2. The molecular weight excluding hydrogens is 212 g/mol. The molecule has 0 aromatic rings. The summed E-state index contributed by atoms with van der Waals surface area (Å²) < 4.78 is 22.4. The second kappa shape index (κ2) is 5.30. The Kier molecular flexibility index (Phi) is 4.59. The number of aliphatic hydroxyl groups is 1. The smallest absolute Gasteiger partial charge is 0.150 e. The summed E-state index contributed by atoms with van der Waals surface area (Å²) >= 11 is 0. The van der Waals surface area contributed by atoms with Crippen molar-refractivity contribution < 1.29 is 13.5 Å². The van der Waals surface area contributed by atoms with Crippen LogP contribution in [0.2, 0.25) is 0 Å². The van der Waals surface area contributed by atoms with Crippen molar-refractivity contribution in [3.63, 3.8) is 0 Å². The molecule has 2 unspecified atom stereocenters. The van der Waals surface area contributed by atoms with Gasteiger partial charge in [0.2, 0.25) is 0 Å². The molecule has 3 nitrogen and oxygen atoms in total. The minimum absolute atomic E-state index is 0.192. The van der Waals surface area contributed by atoms with Gasteiger partial charge in [-0.3, -0.25) is 0 Å². The van der Waals surface area contributed by atoms with Crippen LogP contribution in [0.4, 0.5) is 0 Å². The van der Waals surface area contributed by atoms with E-state index in [4.69, 9.17) is 0 Å². The molecule has 15 heavy (non-hydrogen) atoms. The third-order valence-corrected chi connectivity index (χ3v) is 4.85. The zero-order valence-electron chi connectivity index (χ0n) is 9.65. The molecular formula is C11H22O3S. The molecule has 0 amide bonds. The van der Waals surface area contributed by atoms with Gasteiger partial charge in [0.05, 0.1) is 17.6 Å². The number of hydrogen-bond acceptors (Lipinski definition) is 3. The first-order valence-electron chi connectivity index (χ1n) is 5.77. The van der Waals surface area contributed by atoms with Crippen LogP contribution in [0.1, 0.15) is 39.5 Å². The van der Waals surface area contributed by atoms with Gasteiger partial charge in [-0.15, -0.1) is 0 Å². The fourth-order valence-corrected chi connectivity index (χ4v) is 3.97. The van der Waals surface area contributed by atoms with E-state index in [1.54, 1.807) is 0 Å². The van der Waals surface area contributed by atoms with E-state index in [2.05, 4.69) is 13.8 Å². The molecule has 0 spiro atoms. The Morgan fingerprint density at radius 2 is 2.00 bits per heavy atom. The van der Waals surface area contributed by atoms with Crippen molar-refractivity contribution in [1.82, 2.24) is 0 Å². The molecule has 1 fully saturated rings. The van der Waals surface area contributed by atoms with Gasteiger partial charge in [0, 0.05) is 0 Å². The Morgan fingerprint density at radius 1 is 1.33 bits per heavy atom. The third kappa shape index (κ3) is 4.98. The summed E-state index contributed by atoms with van der Waals surface area (Å²) in [7, 11) is -2.78. The van der Waals surface area contributed by atoms with Gasteiger partial charge in [-0.2, -0.15) is 0 Å². The lowest BCUT2D eigenvalue weighted by molar-refractivity contribution is 0.130. The molecule has 0 aliphatic carbocycles. The first kappa shape index (κ1) is 13.0. The van der Waals surface area contributed by atoms with Gasteiger partial charge in [0.1, 0.15) is 0 Å². The van der Waals surface area contributed by atoms with Gasteiger partial charge >= 0.3 is 0 Å². The normalized spacial score (nSPS) is 27.1. The Hall–Kier alpha value is -0.0900. The molecule has 90 valence electrons. The number of sulfone groups is 1. The molecule has 0 radical (unpaired) electrons. The highest BCUT2D eigenvalue weighted by Gasteiger charge is 2.29. The molecule has 1 aliphatic heterocycles. The minimum Gasteiger partial charge on any atom is -0.393 e. The van der Waals surface area contributed by atoms with Crippen LogP contribution in [0.15, 0.2) is 0 Å². The number of hydrogen-bond donors (Lipinski definition) is 1. The lowest BCUT2D eigenvalue weighted by Crippen LogP contribution is -2.15. The molecule has 4 heteroatoms. The molecule has 1 rings (SSSR count). The molecule has 0 bridgehead atoms. The fraction of sp³-hybridized carbons (Fsp3) is 1.00. The molecule has 1 aliphatic rings. The highest BCUT2D eigenvalue weighted by atomic mass is 32.2. The van der Waals surface area contributed by atoms with Gasteiger partial charge < -0.3 is 5.11 Å². The minimum atomic E-state index is -2.78. The van der Waals surface area contributed by atoms with E-state index in [1.165, 1.54) is 0 Å². The Labute approximate surface area is 92.8 Å². The first-order chi connectivity index (χ1) is 6.89. The SMILES string of the molecule is CC(C)CCC(O)CC1CCS(=O)(=O)C1. The second-order valence-corrected chi connectivity index (χ2v) is 7.36. The average molecular weight is 234 g/mol. The van der Waals surface area contributed by atoms with E-state index in [0.29, 0.717) is 18.1 Å². The summed E-state index contributed by atoms with van der Waals surface area (Å²) in [6.45, 7) is 4.26. The van der Waals surface area contributed by atoms with Gasteiger partial charge in [-0.25, -0.2) is 8.42 Å². The summed E-state index contributed by atoms with van der Waals surface area (Å²) in [5.74, 6) is 1.39. The molecule has 0 aromatic carbocycles. The van der Waals surface area contributed by atoms with Gasteiger partial charge in [0.25, 0.3) is 0 Å². The van der Waals surface area contributed by atoms with Crippen LogP contribution in [0, 0.1) is 11.8 Å². The van der Waals surface area contributed by atoms with Crippen LogP contribution >= 0.6 is 0 Å². The Balaban J connectivity index is 2.24. The molecule has 1 heterocycles. The summed E-state index contributed by atoms with van der Waals surface area (Å²) in [6, 6.07) is 0. The molecule has 2 atom stereocenters. The lowest BCUT2D eigenvalue weighted by Gasteiger charge is -2.15. The zero-order valence-corrected chi connectivity index (χ0v) is 10.5. The van der Waals surface area contributed by atoms with E-state index in [1.807, 2.05) is 0 Å². The van der Waals surface area contributed by atoms with Crippen LogP contribution in [0.3, 0.4) is 0 Å². The lowest BCUT2D eigenvalue weighted by atomic mass is 9.96. The first-order valence-corrected chi connectivity index (χ1v) is 7.59. The maximum atomic E-state index is 11.2. The highest BCUT2D eigenvalue weighted by molar-refractivity contribution is 7.91. The van der Waals surface area contributed by atoms with Crippen molar-refractivity contribution in [3.05, 3.63) is 0 Å². The van der Waals surface area contributed by atoms with Gasteiger partial charge in [-0.05, 0) is 37.5 Å². The number of aliphatic hydroxyl groups excluding tert-OH is 1. The molecule has 0 aromatic heterocycles. The molecule has 1 saturated heterocycles. The highest BCUT2D eigenvalue weighted by Crippen LogP contribution is 2.24. The van der Waals surface area contributed by atoms with Crippen molar-refractivity contribution >= 4 is 9.84 Å². The second-order valence-electron chi connectivity index (χ2n) is 5.13. The molecule has 0 saturated carbocycles. The van der Waals surface area contributed by atoms with Crippen molar-refractivity contribution in [2.75, 3.05) is 11.5 Å². The van der Waals surface area contributed by atoms with Crippen molar-refractivity contribution in [1.29, 1.82) is 0 Å². The van der Waals surface area contributed by atoms with E-state index in [9.17, 15) is 13.5 Å². The van der Waals surface area contributed by atoms with Crippen LogP contribution in [-0.4, -0.2) is 31.1 Å². The quantitative estimate of drug-likeness (QED) is 0.786. The number of rotatable bonds is 5. The van der Waals surface area contributed by atoms with E-state index < -0.39 is 9.84 Å². The largest absolute Gasteiger partial charge is 0.393 e. The van der Waals surface area contributed by atoms with Crippen LogP contribution in [-0.2, 0) is 9.84 Å². The zero-order chi connectivity index (χ0) is 11.5. The molecule has 1 N–H and O–H groups in total. The maximum Gasteiger partial charge on any atom is 0.150 e. The summed E-state index contributed by atoms with van der Waals surface area (Å²) in [6.07, 6.45) is 2.90. The fourth-order valence-electron chi connectivity index (χ4n) is 2.09. The Bertz CT molecular complexity index is 282. The van der Waals surface area contributed by atoms with Gasteiger partial charge in [0.15, 0.2) is 9.84 Å². The Morgan fingerprint density at radius 3 is 2.47 bits per heavy atom. The standard InChI is InChI=1S/C11H22O3S/c1-9(2)3-4-11(12)7-10-5-6-15(13,14)8-10/h9-12H,3-8H2,1-2H3. The van der Waals surface area contributed by atoms with Crippen molar-refractivity contribution in [2.45, 2.75) is 45.6 Å². The summed E-state index contributed by atoms with van der Waals surface area (Å²) in [5.41, 5.74) is 0. The van der Waals surface area contributed by atoms with Gasteiger partial charge in [-0.1, -0.05) is 13.8 Å². The van der Waals surface area contributed by atoms with E-state index in [-0.39, 0.29) is 17.8 Å². The van der Waals surface area contributed by atoms with Crippen molar-refractivity contribution in [3.8, 4) is 0 Å². The predicted molar refractivity (Wildman–Crippen MR) is 61.5 cm³/mol. The van der Waals surface area contributed by atoms with Crippen LogP contribution in [0.25, 0.3) is 0 Å². The van der Waals surface area contributed by atoms with E-state index >= 15 is 0 Å². The van der Waals surface area contributed by atoms with E-state index in [0.717, 1.165) is 19.3 Å². The van der Waals surface area contributed by atoms with Crippen molar-refractivity contribution in [2.24, 2.45) is 11.8 Å². The van der Waals surface area contributed by atoms with Crippen LogP contribution in [0.5, 0.6) is 0 Å². The summed E-state index contributed by atoms with van der Waals surface area (Å²) in [5, 5.41) is 9.73. The monoisotopic (exact) mass is 234 g/mol. The van der Waals surface area contributed by atoms with Crippen LogP contribution < -0.4 is 0 Å². The predicted octanol–water partition coefficient (Wildman–Crippen LogP) is 1.61. The summed E-state index contributed by atoms with van der Waals surface area (Å²) in [4.78, 5) is 0. The average Bonchev–Trinajstić information content (AvgIpc) is 2.42. The topological polar surface area (TPSA) is 54.4 Å². The third-order valence-electron chi connectivity index (χ3n) is 3.01.